The Morgan fingerprint density at radius 2 is 1.76 bits per heavy atom. The lowest BCUT2D eigenvalue weighted by molar-refractivity contribution is 0.177. The maximum absolute atomic E-state index is 9.78. The molecule has 2 N–H and O–H groups in total. The van der Waals surface area contributed by atoms with Crippen LogP contribution in [0.4, 0.5) is 5.69 Å². The lowest BCUT2D eigenvalue weighted by Gasteiger charge is -2.23. The molecule has 0 aliphatic rings. The number of rotatable bonds is 6. The lowest BCUT2D eigenvalue weighted by Crippen LogP contribution is -2.17. The van der Waals surface area contributed by atoms with Gasteiger partial charge in [-0.1, -0.05) is 24.3 Å². The molecule has 0 bridgehead atoms. The minimum absolute atomic E-state index is 0.0830. The first kappa shape index (κ1) is 15.4. The van der Waals surface area contributed by atoms with Crippen LogP contribution in [0.5, 0.6) is 5.75 Å². The van der Waals surface area contributed by atoms with E-state index in [-0.39, 0.29) is 12.1 Å². The number of aryl methyl sites for hydroxylation is 1. The third-order valence-electron chi connectivity index (χ3n) is 3.57. The van der Waals surface area contributed by atoms with Crippen LogP contribution in [0.1, 0.15) is 30.5 Å². The van der Waals surface area contributed by atoms with Gasteiger partial charge >= 0.3 is 0 Å². The number of methoxy groups -OCH3 is 1. The maximum Gasteiger partial charge on any atom is 0.119 e. The number of nitrogens with one attached hydrogen (secondary N) is 1. The van der Waals surface area contributed by atoms with Gasteiger partial charge in [0.05, 0.1) is 19.3 Å². The predicted molar refractivity (Wildman–Crippen MR) is 86.8 cm³/mol. The molecule has 2 atom stereocenters. The zero-order valence-electron chi connectivity index (χ0n) is 12.8. The molecule has 0 fully saturated rings. The Balaban J connectivity index is 2.21. The van der Waals surface area contributed by atoms with Crippen molar-refractivity contribution < 1.29 is 9.84 Å². The normalized spacial score (nSPS) is 13.5. The molecule has 0 aliphatic heterocycles. The fourth-order valence-corrected chi connectivity index (χ4v) is 2.47. The van der Waals surface area contributed by atoms with Gasteiger partial charge in [-0.05, 0) is 55.7 Å². The number of anilines is 1. The van der Waals surface area contributed by atoms with Crippen molar-refractivity contribution in [3.8, 4) is 5.75 Å². The highest BCUT2D eigenvalue weighted by Crippen LogP contribution is 2.27. The summed E-state index contributed by atoms with van der Waals surface area (Å²) in [6, 6.07) is 16.2. The van der Waals surface area contributed by atoms with Crippen LogP contribution in [-0.2, 0) is 0 Å². The van der Waals surface area contributed by atoms with E-state index in [9.17, 15) is 5.11 Å². The first-order valence-electron chi connectivity index (χ1n) is 7.24. The maximum atomic E-state index is 9.78. The number of ether oxygens (including phenoxy) is 1. The van der Waals surface area contributed by atoms with Crippen molar-refractivity contribution in [2.24, 2.45) is 0 Å². The van der Waals surface area contributed by atoms with Crippen LogP contribution in [-0.4, -0.2) is 18.3 Å². The number of benzene rings is 2. The van der Waals surface area contributed by atoms with Crippen molar-refractivity contribution in [2.45, 2.75) is 32.4 Å². The fourth-order valence-electron chi connectivity index (χ4n) is 2.47. The summed E-state index contributed by atoms with van der Waals surface area (Å²) in [5, 5.41) is 13.3. The van der Waals surface area contributed by atoms with Gasteiger partial charge in [-0.2, -0.15) is 0 Å². The molecule has 3 nitrogen and oxygen atoms in total. The largest absolute Gasteiger partial charge is 0.497 e. The molecule has 2 aromatic rings. The third-order valence-corrected chi connectivity index (χ3v) is 3.57. The molecule has 0 aliphatic carbocycles. The van der Waals surface area contributed by atoms with Gasteiger partial charge in [0.2, 0.25) is 0 Å². The molecular formula is C18H23NO2. The van der Waals surface area contributed by atoms with E-state index in [4.69, 9.17) is 4.74 Å². The van der Waals surface area contributed by atoms with Crippen LogP contribution >= 0.6 is 0 Å². The average Bonchev–Trinajstić information content (AvgIpc) is 2.47. The van der Waals surface area contributed by atoms with Gasteiger partial charge in [-0.25, -0.2) is 0 Å². The lowest BCUT2D eigenvalue weighted by atomic mass is 9.96. The molecule has 0 radical (unpaired) electrons. The third kappa shape index (κ3) is 4.23. The van der Waals surface area contributed by atoms with Gasteiger partial charge in [0.15, 0.2) is 0 Å². The van der Waals surface area contributed by atoms with E-state index < -0.39 is 0 Å². The van der Waals surface area contributed by atoms with Gasteiger partial charge in [0.25, 0.3) is 0 Å². The number of hydrogen-bond acceptors (Lipinski definition) is 3. The Bertz CT molecular complexity index is 564. The van der Waals surface area contributed by atoms with Crippen molar-refractivity contribution in [1.82, 2.24) is 0 Å². The molecule has 2 rings (SSSR count). The van der Waals surface area contributed by atoms with Crippen LogP contribution in [0.15, 0.2) is 48.5 Å². The second-order valence-corrected chi connectivity index (χ2v) is 5.37. The quantitative estimate of drug-likeness (QED) is 0.845. The first-order valence-corrected chi connectivity index (χ1v) is 7.24. The Hall–Kier alpha value is -2.00. The standard InChI is InChI=1S/C18H23NO2/c1-13-6-4-5-7-17(13)18(12-14(2)20)19-15-8-10-16(21-3)11-9-15/h4-11,14,18-20H,12H2,1-3H3/t14-,18+/m1/s1. The number of aliphatic hydroxyl groups excluding tert-OH is 1. The van der Waals surface area contributed by atoms with Gasteiger partial charge in [-0.3, -0.25) is 0 Å². The Kier molecular flexibility index (Phi) is 5.23. The average molecular weight is 285 g/mol. The Labute approximate surface area is 126 Å². The molecule has 0 unspecified atom stereocenters. The zero-order chi connectivity index (χ0) is 15.2. The molecule has 3 heteroatoms. The van der Waals surface area contributed by atoms with E-state index in [0.29, 0.717) is 6.42 Å². The molecular weight excluding hydrogens is 262 g/mol. The molecule has 2 aromatic carbocycles. The van der Waals surface area contributed by atoms with E-state index in [1.54, 1.807) is 7.11 Å². The molecule has 0 heterocycles. The molecule has 0 saturated heterocycles. The summed E-state index contributed by atoms with van der Waals surface area (Å²) >= 11 is 0. The summed E-state index contributed by atoms with van der Waals surface area (Å²) in [6.07, 6.45) is 0.303. The highest BCUT2D eigenvalue weighted by Gasteiger charge is 2.15. The summed E-state index contributed by atoms with van der Waals surface area (Å²) in [7, 11) is 1.66. The predicted octanol–water partition coefficient (Wildman–Crippen LogP) is 3.93. The molecule has 21 heavy (non-hydrogen) atoms. The van der Waals surface area contributed by atoms with Gasteiger partial charge in [0.1, 0.15) is 5.75 Å². The minimum atomic E-state index is -0.361. The first-order chi connectivity index (χ1) is 10.1. The van der Waals surface area contributed by atoms with Crippen molar-refractivity contribution in [2.75, 3.05) is 12.4 Å². The summed E-state index contributed by atoms with van der Waals surface area (Å²) < 4.78 is 5.17. The van der Waals surface area contributed by atoms with Crippen LogP contribution in [0.2, 0.25) is 0 Å². The zero-order valence-corrected chi connectivity index (χ0v) is 12.8. The van der Waals surface area contributed by atoms with Crippen molar-refractivity contribution in [3.05, 3.63) is 59.7 Å². The topological polar surface area (TPSA) is 41.5 Å². The monoisotopic (exact) mass is 285 g/mol. The van der Waals surface area contributed by atoms with Crippen LogP contribution in [0.3, 0.4) is 0 Å². The molecule has 0 aromatic heterocycles. The number of aliphatic hydroxyl groups is 1. The Morgan fingerprint density at radius 1 is 1.10 bits per heavy atom. The van der Waals surface area contributed by atoms with E-state index in [2.05, 4.69) is 24.4 Å². The van der Waals surface area contributed by atoms with E-state index in [1.807, 2.05) is 43.3 Å². The fraction of sp³-hybridized carbons (Fsp3) is 0.333. The van der Waals surface area contributed by atoms with Crippen LogP contribution in [0.25, 0.3) is 0 Å². The van der Waals surface area contributed by atoms with Crippen molar-refractivity contribution >= 4 is 5.69 Å². The van der Waals surface area contributed by atoms with Crippen LogP contribution in [0, 0.1) is 6.92 Å². The van der Waals surface area contributed by atoms with Gasteiger partial charge < -0.3 is 15.2 Å². The molecule has 0 spiro atoms. The summed E-state index contributed by atoms with van der Waals surface area (Å²) in [4.78, 5) is 0. The van der Waals surface area contributed by atoms with E-state index >= 15 is 0 Å². The molecule has 112 valence electrons. The van der Waals surface area contributed by atoms with E-state index in [0.717, 1.165) is 11.4 Å². The molecule has 0 saturated carbocycles. The summed E-state index contributed by atoms with van der Waals surface area (Å²) in [6.45, 7) is 3.92. The van der Waals surface area contributed by atoms with Gasteiger partial charge in [-0.15, -0.1) is 0 Å². The minimum Gasteiger partial charge on any atom is -0.497 e. The van der Waals surface area contributed by atoms with Gasteiger partial charge in [0, 0.05) is 5.69 Å². The SMILES string of the molecule is COc1ccc(N[C@@H](C[C@@H](C)O)c2ccccc2C)cc1. The van der Waals surface area contributed by atoms with Crippen molar-refractivity contribution in [1.29, 1.82) is 0 Å². The van der Waals surface area contributed by atoms with Crippen molar-refractivity contribution in [3.63, 3.8) is 0 Å². The summed E-state index contributed by atoms with van der Waals surface area (Å²) in [5.74, 6) is 0.837. The Morgan fingerprint density at radius 3 is 2.33 bits per heavy atom. The molecule has 0 amide bonds. The highest BCUT2D eigenvalue weighted by molar-refractivity contribution is 5.49. The smallest absolute Gasteiger partial charge is 0.119 e. The number of hydrogen-bond donors (Lipinski definition) is 2. The van der Waals surface area contributed by atoms with E-state index in [1.165, 1.54) is 11.1 Å². The highest BCUT2D eigenvalue weighted by atomic mass is 16.5. The van der Waals surface area contributed by atoms with Crippen LogP contribution < -0.4 is 10.1 Å². The second kappa shape index (κ2) is 7.14. The summed E-state index contributed by atoms with van der Waals surface area (Å²) in [5.41, 5.74) is 3.46. The second-order valence-electron chi connectivity index (χ2n) is 5.37.